The summed E-state index contributed by atoms with van der Waals surface area (Å²) in [4.78, 5) is 0. The van der Waals surface area contributed by atoms with Gasteiger partial charge in [0.2, 0.25) is 0 Å². The Morgan fingerprint density at radius 3 is 1.92 bits per heavy atom. The van der Waals surface area contributed by atoms with Crippen molar-refractivity contribution in [3.8, 4) is 0 Å². The molecule has 0 rings (SSSR count). The van der Waals surface area contributed by atoms with Gasteiger partial charge < -0.3 is 15.9 Å². The summed E-state index contributed by atoms with van der Waals surface area (Å²) in [6, 6.07) is -0.0301. The van der Waals surface area contributed by atoms with E-state index in [4.69, 9.17) is 15.9 Å². The van der Waals surface area contributed by atoms with Crippen molar-refractivity contribution < 1.29 is 10.2 Å². The van der Waals surface area contributed by atoms with E-state index in [-0.39, 0.29) is 12.6 Å². The normalized spacial score (nSPS) is 13.2. The van der Waals surface area contributed by atoms with Crippen molar-refractivity contribution in [2.45, 2.75) is 51.0 Å². The van der Waals surface area contributed by atoms with Gasteiger partial charge >= 0.3 is 0 Å². The fourth-order valence-corrected chi connectivity index (χ4v) is 1.32. The molecule has 4 N–H and O–H groups in total. The number of unbranched alkanes of at least 4 members (excludes halogenated alkanes) is 5. The van der Waals surface area contributed by atoms with Gasteiger partial charge in [0.05, 0.1) is 6.61 Å². The van der Waals surface area contributed by atoms with Gasteiger partial charge in [0.1, 0.15) is 0 Å². The average molecular weight is 189 g/mol. The molecule has 3 nitrogen and oxygen atoms in total. The molecule has 13 heavy (non-hydrogen) atoms. The summed E-state index contributed by atoms with van der Waals surface area (Å²) in [6.45, 7) is 0.417. The Bertz CT molecular complexity index is 98.9. The summed E-state index contributed by atoms with van der Waals surface area (Å²) in [6.07, 6.45) is 7.71. The van der Waals surface area contributed by atoms with E-state index in [1.807, 2.05) is 0 Å². The summed E-state index contributed by atoms with van der Waals surface area (Å²) >= 11 is 0. The first-order valence-corrected chi connectivity index (χ1v) is 5.28. The zero-order valence-corrected chi connectivity index (χ0v) is 8.41. The van der Waals surface area contributed by atoms with Crippen molar-refractivity contribution in [1.82, 2.24) is 0 Å². The van der Waals surface area contributed by atoms with Crippen LogP contribution in [0.15, 0.2) is 0 Å². The van der Waals surface area contributed by atoms with Crippen molar-refractivity contribution in [1.29, 1.82) is 0 Å². The first-order valence-electron chi connectivity index (χ1n) is 5.28. The minimum atomic E-state index is -0.0301. The van der Waals surface area contributed by atoms with Crippen LogP contribution in [0.1, 0.15) is 44.9 Å². The lowest BCUT2D eigenvalue weighted by Gasteiger charge is -2.06. The van der Waals surface area contributed by atoms with Crippen LogP contribution < -0.4 is 5.73 Å². The molecule has 1 unspecified atom stereocenters. The number of nitrogens with two attached hydrogens (primary N) is 1. The van der Waals surface area contributed by atoms with Gasteiger partial charge in [0, 0.05) is 12.6 Å². The van der Waals surface area contributed by atoms with E-state index in [9.17, 15) is 0 Å². The molecule has 0 radical (unpaired) electrons. The monoisotopic (exact) mass is 189 g/mol. The third-order valence-electron chi connectivity index (χ3n) is 2.22. The van der Waals surface area contributed by atoms with E-state index in [1.165, 1.54) is 19.3 Å². The Kier molecular flexibility index (Phi) is 9.87. The molecule has 0 spiro atoms. The van der Waals surface area contributed by atoms with Crippen LogP contribution in [0.4, 0.5) is 0 Å². The Morgan fingerprint density at radius 1 is 0.846 bits per heavy atom. The van der Waals surface area contributed by atoms with Crippen molar-refractivity contribution in [2.75, 3.05) is 13.2 Å². The van der Waals surface area contributed by atoms with Gasteiger partial charge in [-0.15, -0.1) is 0 Å². The van der Waals surface area contributed by atoms with Crippen LogP contribution in [0, 0.1) is 0 Å². The maximum atomic E-state index is 8.65. The second-order valence-corrected chi connectivity index (χ2v) is 3.58. The molecular weight excluding hydrogens is 166 g/mol. The number of hydrogen-bond acceptors (Lipinski definition) is 3. The molecule has 0 saturated carbocycles. The quantitative estimate of drug-likeness (QED) is 0.475. The van der Waals surface area contributed by atoms with E-state index >= 15 is 0 Å². The third kappa shape index (κ3) is 9.80. The number of rotatable bonds is 9. The van der Waals surface area contributed by atoms with Crippen molar-refractivity contribution in [2.24, 2.45) is 5.73 Å². The Hall–Kier alpha value is -0.120. The van der Waals surface area contributed by atoms with Gasteiger partial charge in [0.25, 0.3) is 0 Å². The Labute approximate surface area is 81.0 Å². The lowest BCUT2D eigenvalue weighted by molar-refractivity contribution is 0.257. The van der Waals surface area contributed by atoms with Crippen LogP contribution in [0.2, 0.25) is 0 Å². The molecule has 0 aromatic heterocycles. The molecule has 0 heterocycles. The van der Waals surface area contributed by atoms with Gasteiger partial charge in [-0.25, -0.2) is 0 Å². The van der Waals surface area contributed by atoms with Crippen LogP contribution in [0.25, 0.3) is 0 Å². The molecule has 80 valence electrons. The van der Waals surface area contributed by atoms with Crippen molar-refractivity contribution in [3.05, 3.63) is 0 Å². The van der Waals surface area contributed by atoms with Gasteiger partial charge in [-0.3, -0.25) is 0 Å². The van der Waals surface area contributed by atoms with Crippen LogP contribution in [-0.2, 0) is 0 Å². The number of hydrogen-bond donors (Lipinski definition) is 3. The zero-order chi connectivity index (χ0) is 9.94. The first kappa shape index (κ1) is 12.9. The standard InChI is InChI=1S/C10H23NO2/c11-10(9-13)7-5-3-1-2-4-6-8-12/h10,12-13H,1-9,11H2. The average Bonchev–Trinajstić information content (AvgIpc) is 2.16. The molecule has 0 bridgehead atoms. The summed E-state index contributed by atoms with van der Waals surface area (Å²) in [5.41, 5.74) is 5.55. The molecule has 0 aliphatic heterocycles. The second-order valence-electron chi connectivity index (χ2n) is 3.58. The van der Waals surface area contributed by atoms with Crippen LogP contribution in [-0.4, -0.2) is 29.5 Å². The van der Waals surface area contributed by atoms with Crippen LogP contribution in [0.5, 0.6) is 0 Å². The van der Waals surface area contributed by atoms with E-state index in [0.717, 1.165) is 25.7 Å². The number of aliphatic hydroxyl groups excluding tert-OH is 2. The largest absolute Gasteiger partial charge is 0.396 e. The predicted molar refractivity (Wildman–Crippen MR) is 54.5 cm³/mol. The Morgan fingerprint density at radius 2 is 1.38 bits per heavy atom. The van der Waals surface area contributed by atoms with Crippen molar-refractivity contribution in [3.63, 3.8) is 0 Å². The third-order valence-corrected chi connectivity index (χ3v) is 2.22. The highest BCUT2D eigenvalue weighted by molar-refractivity contribution is 4.58. The minimum absolute atomic E-state index is 0.0301. The molecule has 3 heteroatoms. The summed E-state index contributed by atoms with van der Waals surface area (Å²) in [5, 5.41) is 17.2. The fraction of sp³-hybridized carbons (Fsp3) is 1.00. The molecule has 0 aromatic rings. The molecular formula is C10H23NO2. The fourth-order valence-electron chi connectivity index (χ4n) is 1.32. The lowest BCUT2D eigenvalue weighted by atomic mass is 10.1. The highest BCUT2D eigenvalue weighted by Gasteiger charge is 1.98. The second kappa shape index (κ2) is 9.96. The lowest BCUT2D eigenvalue weighted by Crippen LogP contribution is -2.23. The maximum absolute atomic E-state index is 8.65. The van der Waals surface area contributed by atoms with Crippen molar-refractivity contribution >= 4 is 0 Å². The molecule has 0 saturated heterocycles. The number of aliphatic hydroxyl groups is 2. The first-order chi connectivity index (χ1) is 6.31. The summed E-state index contributed by atoms with van der Waals surface area (Å²) in [7, 11) is 0. The topological polar surface area (TPSA) is 66.5 Å². The van der Waals surface area contributed by atoms with Gasteiger partial charge in [-0.1, -0.05) is 32.1 Å². The molecule has 0 aliphatic rings. The molecule has 0 aromatic carbocycles. The predicted octanol–water partition coefficient (Wildman–Crippen LogP) is 1.03. The van der Waals surface area contributed by atoms with E-state index in [0.29, 0.717) is 6.61 Å². The highest BCUT2D eigenvalue weighted by atomic mass is 16.3. The van der Waals surface area contributed by atoms with E-state index in [1.54, 1.807) is 0 Å². The van der Waals surface area contributed by atoms with Gasteiger partial charge in [-0.2, -0.15) is 0 Å². The SMILES string of the molecule is NC(CO)CCCCCCCCO. The summed E-state index contributed by atoms with van der Waals surface area (Å²) < 4.78 is 0. The zero-order valence-electron chi connectivity index (χ0n) is 8.41. The van der Waals surface area contributed by atoms with Gasteiger partial charge in [0.15, 0.2) is 0 Å². The minimum Gasteiger partial charge on any atom is -0.396 e. The van der Waals surface area contributed by atoms with E-state index < -0.39 is 0 Å². The smallest absolute Gasteiger partial charge is 0.0582 e. The highest BCUT2D eigenvalue weighted by Crippen LogP contribution is 2.07. The van der Waals surface area contributed by atoms with E-state index in [2.05, 4.69) is 0 Å². The van der Waals surface area contributed by atoms with Crippen LogP contribution >= 0.6 is 0 Å². The maximum Gasteiger partial charge on any atom is 0.0582 e. The van der Waals surface area contributed by atoms with Gasteiger partial charge in [-0.05, 0) is 12.8 Å². The summed E-state index contributed by atoms with van der Waals surface area (Å²) in [5.74, 6) is 0. The Balaban J connectivity index is 2.91. The molecule has 1 atom stereocenters. The molecule has 0 amide bonds. The molecule has 0 fully saturated rings. The van der Waals surface area contributed by atoms with Crippen LogP contribution in [0.3, 0.4) is 0 Å². The molecule has 0 aliphatic carbocycles.